The van der Waals surface area contributed by atoms with Gasteiger partial charge in [-0.3, -0.25) is 4.99 Å². The Balaban J connectivity index is 1.79. The highest BCUT2D eigenvalue weighted by atomic mass is 16.5. The van der Waals surface area contributed by atoms with Crippen molar-refractivity contribution in [1.82, 2.24) is 25.1 Å². The minimum atomic E-state index is 0.757. The third-order valence-electron chi connectivity index (χ3n) is 4.46. The first-order chi connectivity index (χ1) is 13.2. The van der Waals surface area contributed by atoms with Crippen molar-refractivity contribution in [2.45, 2.75) is 26.8 Å². The van der Waals surface area contributed by atoms with E-state index in [9.17, 15) is 0 Å². The number of imidazole rings is 1. The summed E-state index contributed by atoms with van der Waals surface area (Å²) in [6.45, 7) is 10.2. The van der Waals surface area contributed by atoms with E-state index in [0.29, 0.717) is 0 Å². The molecule has 7 nitrogen and oxygen atoms in total. The van der Waals surface area contributed by atoms with E-state index in [2.05, 4.69) is 64.2 Å². The molecule has 0 atom stereocenters. The molecule has 2 aromatic rings. The van der Waals surface area contributed by atoms with Crippen molar-refractivity contribution in [2.75, 3.05) is 53.5 Å². The van der Waals surface area contributed by atoms with E-state index in [-0.39, 0.29) is 0 Å². The van der Waals surface area contributed by atoms with Crippen LogP contribution in [0.2, 0.25) is 0 Å². The molecule has 0 saturated heterocycles. The van der Waals surface area contributed by atoms with Crippen LogP contribution < -0.4 is 10.6 Å². The lowest BCUT2D eigenvalue weighted by molar-refractivity contribution is 0.162. The molecular weight excluding hydrogens is 340 g/mol. The van der Waals surface area contributed by atoms with Crippen LogP contribution >= 0.6 is 0 Å². The van der Waals surface area contributed by atoms with Crippen LogP contribution in [-0.2, 0) is 11.3 Å². The van der Waals surface area contributed by atoms with E-state index in [0.717, 1.165) is 69.6 Å². The molecule has 0 fully saturated rings. The summed E-state index contributed by atoms with van der Waals surface area (Å²) in [5, 5.41) is 6.71. The number of aryl methyl sites for hydroxylation is 2. The molecule has 150 valence electrons. The van der Waals surface area contributed by atoms with Crippen LogP contribution in [0.4, 0.5) is 0 Å². The SMILES string of the molecule is CCNC(=NCCCn1c(C)nc2ccccc21)NCCN(C)CCOC. The number of hydrogen-bond acceptors (Lipinski definition) is 4. The van der Waals surface area contributed by atoms with E-state index < -0.39 is 0 Å². The average molecular weight is 375 g/mol. The molecule has 27 heavy (non-hydrogen) atoms. The summed E-state index contributed by atoms with van der Waals surface area (Å²) in [4.78, 5) is 11.6. The first-order valence-corrected chi connectivity index (χ1v) is 9.77. The number of benzene rings is 1. The smallest absolute Gasteiger partial charge is 0.191 e. The second-order valence-electron chi connectivity index (χ2n) is 6.64. The molecule has 0 bridgehead atoms. The number of nitrogens with zero attached hydrogens (tertiary/aromatic N) is 4. The lowest BCUT2D eigenvalue weighted by Crippen LogP contribution is -2.41. The molecule has 0 spiro atoms. The summed E-state index contributed by atoms with van der Waals surface area (Å²) in [6, 6.07) is 8.29. The van der Waals surface area contributed by atoms with Gasteiger partial charge in [0.1, 0.15) is 5.82 Å². The largest absolute Gasteiger partial charge is 0.383 e. The van der Waals surface area contributed by atoms with Crippen LogP contribution in [-0.4, -0.2) is 73.9 Å². The third-order valence-corrected chi connectivity index (χ3v) is 4.46. The standard InChI is InChI=1S/C20H34N6O/c1-5-21-20(23-12-14-25(3)15-16-27-4)22-11-8-13-26-17(2)24-18-9-6-7-10-19(18)26/h6-7,9-10H,5,8,11-16H2,1-4H3,(H2,21,22,23). The number of fused-ring (bicyclic) bond motifs is 1. The predicted octanol–water partition coefficient (Wildman–Crippen LogP) is 1.87. The normalized spacial score (nSPS) is 12.1. The van der Waals surface area contributed by atoms with Crippen LogP contribution in [0.3, 0.4) is 0 Å². The summed E-state index contributed by atoms with van der Waals surface area (Å²) >= 11 is 0. The zero-order chi connectivity index (χ0) is 19.5. The van der Waals surface area contributed by atoms with Gasteiger partial charge in [-0.25, -0.2) is 4.98 Å². The number of rotatable bonds is 11. The fourth-order valence-corrected chi connectivity index (χ4v) is 2.96. The number of aromatic nitrogens is 2. The van der Waals surface area contributed by atoms with Crippen LogP contribution in [0.5, 0.6) is 0 Å². The van der Waals surface area contributed by atoms with Crippen molar-refractivity contribution in [3.63, 3.8) is 0 Å². The summed E-state index contributed by atoms with van der Waals surface area (Å²) < 4.78 is 7.38. The van der Waals surface area contributed by atoms with Gasteiger partial charge in [0.15, 0.2) is 5.96 Å². The van der Waals surface area contributed by atoms with Gasteiger partial charge in [-0.1, -0.05) is 12.1 Å². The van der Waals surface area contributed by atoms with E-state index in [1.165, 1.54) is 5.52 Å². The molecule has 1 aromatic heterocycles. The van der Waals surface area contributed by atoms with Crippen molar-refractivity contribution in [2.24, 2.45) is 4.99 Å². The first-order valence-electron chi connectivity index (χ1n) is 9.77. The van der Waals surface area contributed by atoms with Gasteiger partial charge in [0, 0.05) is 46.4 Å². The van der Waals surface area contributed by atoms with E-state index in [4.69, 9.17) is 9.73 Å². The highest BCUT2D eigenvalue weighted by Gasteiger charge is 2.06. The Morgan fingerprint density at radius 1 is 1.26 bits per heavy atom. The fourth-order valence-electron chi connectivity index (χ4n) is 2.96. The number of hydrogen-bond donors (Lipinski definition) is 2. The fraction of sp³-hybridized carbons (Fsp3) is 0.600. The van der Waals surface area contributed by atoms with E-state index in [1.807, 2.05) is 6.07 Å². The molecule has 2 rings (SSSR count). The van der Waals surface area contributed by atoms with E-state index in [1.54, 1.807) is 7.11 Å². The Morgan fingerprint density at radius 3 is 2.85 bits per heavy atom. The average Bonchev–Trinajstić information content (AvgIpc) is 2.98. The number of nitrogens with one attached hydrogen (secondary N) is 2. The maximum Gasteiger partial charge on any atom is 0.191 e. The molecule has 0 amide bonds. The molecule has 2 N–H and O–H groups in total. The maximum absolute atomic E-state index is 5.11. The quantitative estimate of drug-likeness (QED) is 0.357. The zero-order valence-corrected chi connectivity index (χ0v) is 17.2. The molecule has 0 aliphatic carbocycles. The van der Waals surface area contributed by atoms with Gasteiger partial charge in [0.2, 0.25) is 0 Å². The Bertz CT molecular complexity index is 712. The summed E-state index contributed by atoms with van der Waals surface area (Å²) in [7, 11) is 3.83. The van der Waals surface area contributed by atoms with Crippen LogP contribution in [0, 0.1) is 6.92 Å². The summed E-state index contributed by atoms with van der Waals surface area (Å²) in [5.74, 6) is 1.94. The zero-order valence-electron chi connectivity index (χ0n) is 17.2. The highest BCUT2D eigenvalue weighted by Crippen LogP contribution is 2.15. The molecular formula is C20H34N6O. The van der Waals surface area contributed by atoms with Gasteiger partial charge in [-0.05, 0) is 39.4 Å². The second-order valence-corrected chi connectivity index (χ2v) is 6.64. The first kappa shape index (κ1) is 21.2. The summed E-state index contributed by atoms with van der Waals surface area (Å²) in [6.07, 6.45) is 0.978. The number of para-hydroxylation sites is 2. The van der Waals surface area contributed by atoms with Crippen molar-refractivity contribution >= 4 is 17.0 Å². The molecule has 0 aliphatic heterocycles. The Hall–Kier alpha value is -2.12. The molecule has 7 heteroatoms. The van der Waals surface area contributed by atoms with Crippen molar-refractivity contribution in [3.8, 4) is 0 Å². The molecule has 0 aliphatic rings. The van der Waals surface area contributed by atoms with Gasteiger partial charge >= 0.3 is 0 Å². The van der Waals surface area contributed by atoms with Crippen LogP contribution in [0.1, 0.15) is 19.2 Å². The van der Waals surface area contributed by atoms with Crippen molar-refractivity contribution < 1.29 is 4.74 Å². The molecule has 0 radical (unpaired) electrons. The van der Waals surface area contributed by atoms with Gasteiger partial charge in [-0.15, -0.1) is 0 Å². The van der Waals surface area contributed by atoms with Crippen molar-refractivity contribution in [1.29, 1.82) is 0 Å². The maximum atomic E-state index is 5.11. The minimum Gasteiger partial charge on any atom is -0.383 e. The lowest BCUT2D eigenvalue weighted by atomic mass is 10.3. The number of methoxy groups -OCH3 is 1. The lowest BCUT2D eigenvalue weighted by Gasteiger charge is -2.17. The molecule has 0 unspecified atom stereocenters. The Morgan fingerprint density at radius 2 is 2.07 bits per heavy atom. The Kier molecular flexibility index (Phi) is 9.07. The van der Waals surface area contributed by atoms with Crippen LogP contribution in [0.25, 0.3) is 11.0 Å². The predicted molar refractivity (Wildman–Crippen MR) is 112 cm³/mol. The van der Waals surface area contributed by atoms with Gasteiger partial charge < -0.3 is 24.8 Å². The monoisotopic (exact) mass is 374 g/mol. The number of ether oxygens (including phenoxy) is 1. The second kappa shape index (κ2) is 11.6. The number of likely N-dealkylation sites (N-methyl/N-ethyl adjacent to an activating group) is 1. The third kappa shape index (κ3) is 6.84. The van der Waals surface area contributed by atoms with Crippen molar-refractivity contribution in [3.05, 3.63) is 30.1 Å². The molecule has 0 saturated carbocycles. The van der Waals surface area contributed by atoms with Crippen LogP contribution in [0.15, 0.2) is 29.3 Å². The van der Waals surface area contributed by atoms with Gasteiger partial charge in [0.05, 0.1) is 17.6 Å². The number of aliphatic imine (C=N–C) groups is 1. The minimum absolute atomic E-state index is 0.757. The van der Waals surface area contributed by atoms with Gasteiger partial charge in [-0.2, -0.15) is 0 Å². The Labute approximate surface area is 162 Å². The molecule has 1 aromatic carbocycles. The number of guanidine groups is 1. The highest BCUT2D eigenvalue weighted by molar-refractivity contribution is 5.79. The molecule has 1 heterocycles. The summed E-state index contributed by atoms with van der Waals surface area (Å²) in [5.41, 5.74) is 2.26. The van der Waals surface area contributed by atoms with Gasteiger partial charge in [0.25, 0.3) is 0 Å². The van der Waals surface area contributed by atoms with E-state index >= 15 is 0 Å². The topological polar surface area (TPSA) is 66.7 Å².